The van der Waals surface area contributed by atoms with Crippen molar-refractivity contribution < 1.29 is 42.9 Å². The van der Waals surface area contributed by atoms with Crippen molar-refractivity contribution in [2.45, 2.75) is 114 Å². The molecule has 1 aliphatic heterocycles. The summed E-state index contributed by atoms with van der Waals surface area (Å²) in [4.78, 5) is 53.8. The van der Waals surface area contributed by atoms with E-state index in [2.05, 4.69) is 10.0 Å². The second kappa shape index (κ2) is 11.9. The topological polar surface area (TPSA) is 163 Å². The molecule has 216 valence electrons. The monoisotopic (exact) mass is 541 g/mol. The number of ether oxygens (including phenoxy) is 5. The molecule has 12 heteroatoms. The van der Waals surface area contributed by atoms with Gasteiger partial charge in [0.15, 0.2) is 6.10 Å². The maximum Gasteiger partial charge on any atom is 0.313 e. The van der Waals surface area contributed by atoms with Crippen LogP contribution in [0.5, 0.6) is 0 Å². The van der Waals surface area contributed by atoms with E-state index in [0.29, 0.717) is 0 Å². The number of rotatable bonds is 7. The molecule has 0 amide bonds. The molecule has 1 aliphatic rings. The minimum Gasteiger partial charge on any atom is -0.465 e. The average Bonchev–Trinajstić information content (AvgIpc) is 3.04. The predicted molar refractivity (Wildman–Crippen MR) is 136 cm³/mol. The molecule has 0 aromatic heterocycles. The van der Waals surface area contributed by atoms with E-state index in [1.807, 2.05) is 0 Å². The maximum atomic E-state index is 12.9. The van der Waals surface area contributed by atoms with Crippen molar-refractivity contribution in [1.29, 1.82) is 0 Å². The Labute approximate surface area is 224 Å². The number of carbonyl (C=O) groups is 4. The van der Waals surface area contributed by atoms with Gasteiger partial charge < -0.3 is 23.7 Å². The minimum atomic E-state index is -1.49. The molecule has 0 aromatic carbocycles. The summed E-state index contributed by atoms with van der Waals surface area (Å²) in [5, 5.41) is 3.71. The van der Waals surface area contributed by atoms with Crippen LogP contribution in [0.2, 0.25) is 0 Å². The van der Waals surface area contributed by atoms with Crippen LogP contribution >= 0.6 is 0 Å². The second-order valence-electron chi connectivity index (χ2n) is 13.5. The summed E-state index contributed by atoms with van der Waals surface area (Å²) in [5.74, 6) is -2.56. The number of nitrogens with zero attached hydrogens (tertiary/aromatic N) is 3. The Morgan fingerprint density at radius 1 is 0.711 bits per heavy atom. The van der Waals surface area contributed by atoms with Crippen LogP contribution in [-0.4, -0.2) is 61.1 Å². The summed E-state index contributed by atoms with van der Waals surface area (Å²) >= 11 is 0. The van der Waals surface area contributed by atoms with Crippen molar-refractivity contribution in [2.24, 2.45) is 26.8 Å². The third-order valence-electron chi connectivity index (χ3n) is 5.33. The Hall–Kier alpha value is -2.85. The Bertz CT molecular complexity index is 945. The fraction of sp³-hybridized carbons (Fsp3) is 0.846. The van der Waals surface area contributed by atoms with Gasteiger partial charge in [-0.05, 0) is 88.6 Å². The van der Waals surface area contributed by atoms with Gasteiger partial charge in [-0.1, -0.05) is 5.11 Å². The van der Waals surface area contributed by atoms with Crippen LogP contribution in [0.1, 0.15) is 83.1 Å². The lowest BCUT2D eigenvalue weighted by Gasteiger charge is -2.30. The van der Waals surface area contributed by atoms with Crippen molar-refractivity contribution in [2.75, 3.05) is 6.61 Å². The number of hydrogen-bond donors (Lipinski definition) is 0. The highest BCUT2D eigenvalue weighted by Crippen LogP contribution is 2.35. The highest BCUT2D eigenvalue weighted by atomic mass is 16.7. The van der Waals surface area contributed by atoms with Gasteiger partial charge in [-0.2, -0.15) is 0 Å². The van der Waals surface area contributed by atoms with Crippen molar-refractivity contribution in [3.63, 3.8) is 0 Å². The molecule has 1 heterocycles. The van der Waals surface area contributed by atoms with Crippen LogP contribution < -0.4 is 0 Å². The largest absolute Gasteiger partial charge is 0.465 e. The molecule has 0 bridgehead atoms. The number of carbonyl (C=O) groups excluding carboxylic acids is 4. The summed E-state index contributed by atoms with van der Waals surface area (Å²) in [6, 6.07) is -1.21. The van der Waals surface area contributed by atoms with Gasteiger partial charge in [-0.15, -0.1) is 0 Å². The number of azide groups is 1. The molecule has 0 spiro atoms. The molecular weight excluding hydrogens is 498 g/mol. The highest BCUT2D eigenvalue weighted by Gasteiger charge is 2.56. The molecule has 0 aliphatic carbocycles. The van der Waals surface area contributed by atoms with Crippen molar-refractivity contribution >= 4 is 23.9 Å². The zero-order valence-electron chi connectivity index (χ0n) is 24.6. The van der Waals surface area contributed by atoms with Crippen LogP contribution in [0.25, 0.3) is 10.4 Å². The van der Waals surface area contributed by atoms with Crippen molar-refractivity contribution in [3.8, 4) is 0 Å². The van der Waals surface area contributed by atoms with E-state index < -0.39 is 82.8 Å². The number of hydrogen-bond acceptors (Lipinski definition) is 10. The van der Waals surface area contributed by atoms with E-state index in [9.17, 15) is 24.7 Å². The van der Waals surface area contributed by atoms with Crippen molar-refractivity contribution in [3.05, 3.63) is 10.4 Å². The quantitative estimate of drug-likeness (QED) is 0.148. The molecule has 0 unspecified atom stereocenters. The molecule has 1 fully saturated rings. The Morgan fingerprint density at radius 2 is 1.11 bits per heavy atom. The zero-order chi connectivity index (χ0) is 29.9. The molecule has 0 aromatic rings. The maximum absolute atomic E-state index is 12.9. The van der Waals surface area contributed by atoms with Gasteiger partial charge in [-0.25, -0.2) is 0 Å². The smallest absolute Gasteiger partial charge is 0.313 e. The summed E-state index contributed by atoms with van der Waals surface area (Å²) in [6.07, 6.45) is -5.51. The van der Waals surface area contributed by atoms with E-state index in [4.69, 9.17) is 23.7 Å². The molecular formula is C26H43N3O9. The van der Waals surface area contributed by atoms with Crippen molar-refractivity contribution in [1.82, 2.24) is 0 Å². The lowest BCUT2D eigenvalue weighted by atomic mass is 9.95. The molecule has 38 heavy (non-hydrogen) atoms. The van der Waals surface area contributed by atoms with Gasteiger partial charge in [0.2, 0.25) is 12.4 Å². The predicted octanol–water partition coefficient (Wildman–Crippen LogP) is 4.48. The zero-order valence-corrected chi connectivity index (χ0v) is 24.6. The summed E-state index contributed by atoms with van der Waals surface area (Å²) in [6.45, 7) is 19.2. The molecule has 0 N–H and O–H groups in total. The molecule has 1 saturated heterocycles. The fourth-order valence-electron chi connectivity index (χ4n) is 2.83. The van der Waals surface area contributed by atoms with E-state index in [1.165, 1.54) is 0 Å². The Kier molecular flexibility index (Phi) is 10.4. The first kappa shape index (κ1) is 33.2. The van der Waals surface area contributed by atoms with Gasteiger partial charge in [-0.3, -0.25) is 19.2 Å². The van der Waals surface area contributed by atoms with E-state index in [0.717, 1.165) is 0 Å². The summed E-state index contributed by atoms with van der Waals surface area (Å²) in [5.41, 5.74) is 5.54. The summed E-state index contributed by atoms with van der Waals surface area (Å²) in [7, 11) is 0. The lowest BCUT2D eigenvalue weighted by Crippen LogP contribution is -2.48. The first-order chi connectivity index (χ1) is 17.0. The van der Waals surface area contributed by atoms with Crippen LogP contribution in [0.15, 0.2) is 5.11 Å². The van der Waals surface area contributed by atoms with E-state index >= 15 is 0 Å². The molecule has 0 radical (unpaired) electrons. The first-order valence-electron chi connectivity index (χ1n) is 12.5. The average molecular weight is 542 g/mol. The standard InChI is InChI=1S/C26H43N3O9/c1-23(2,3)19(30)34-13-14(28-29-27)15-16(36-20(31)24(4,5)6)17(37-21(32)25(7,8)9)18(35-15)38-22(33)26(10,11)12/h14-18H,13H2,1-12H3/t14-,15-,16-,17+,18-/m0/s1. The van der Waals surface area contributed by atoms with Gasteiger partial charge in [0.05, 0.1) is 21.7 Å². The normalized spacial score (nSPS) is 23.1. The van der Waals surface area contributed by atoms with Crippen LogP contribution in [0.4, 0.5) is 0 Å². The van der Waals surface area contributed by atoms with Gasteiger partial charge in [0.1, 0.15) is 18.8 Å². The molecule has 1 rings (SSSR count). The lowest BCUT2D eigenvalue weighted by molar-refractivity contribution is -0.207. The number of esters is 4. The van der Waals surface area contributed by atoms with Crippen LogP contribution in [0, 0.1) is 21.7 Å². The fourth-order valence-corrected chi connectivity index (χ4v) is 2.83. The van der Waals surface area contributed by atoms with Gasteiger partial charge in [0.25, 0.3) is 0 Å². The Balaban J connectivity index is 3.57. The minimum absolute atomic E-state index is 0.422. The van der Waals surface area contributed by atoms with Crippen LogP contribution in [0.3, 0.4) is 0 Å². The molecule has 0 saturated carbocycles. The van der Waals surface area contributed by atoms with E-state index in [1.54, 1.807) is 83.1 Å². The Morgan fingerprint density at radius 3 is 1.50 bits per heavy atom. The SMILES string of the molecule is CC(C)(C)C(=O)OC[C@H](N=[N+]=[N-])[C@@H]1O[C@@H](OC(=O)C(C)(C)C)[C@H](OC(=O)C(C)(C)C)[C@H]1OC(=O)C(C)(C)C. The van der Waals surface area contributed by atoms with Crippen LogP contribution in [-0.2, 0) is 42.9 Å². The first-order valence-corrected chi connectivity index (χ1v) is 12.5. The molecule has 12 nitrogen and oxygen atoms in total. The van der Waals surface area contributed by atoms with Gasteiger partial charge >= 0.3 is 23.9 Å². The van der Waals surface area contributed by atoms with E-state index in [-0.39, 0.29) is 0 Å². The van der Waals surface area contributed by atoms with Gasteiger partial charge in [0, 0.05) is 4.91 Å². The third kappa shape index (κ3) is 9.16. The second-order valence-corrected chi connectivity index (χ2v) is 13.5. The molecule has 5 atom stereocenters. The summed E-state index contributed by atoms with van der Waals surface area (Å²) < 4.78 is 28.3. The third-order valence-corrected chi connectivity index (χ3v) is 5.33. The highest BCUT2D eigenvalue weighted by molar-refractivity contribution is 5.78.